The number of imide groups is 1. The maximum atomic E-state index is 12.9. The molecule has 0 unspecified atom stereocenters. The Morgan fingerprint density at radius 3 is 1.64 bits per heavy atom. The van der Waals surface area contributed by atoms with E-state index < -0.39 is 0 Å². The van der Waals surface area contributed by atoms with Gasteiger partial charge in [-0.05, 0) is 49.9 Å². The molecule has 0 saturated heterocycles. The summed E-state index contributed by atoms with van der Waals surface area (Å²) in [6.45, 7) is 0.827. The fourth-order valence-electron chi connectivity index (χ4n) is 4.06. The maximum absolute atomic E-state index is 12.9. The number of aliphatic hydroxyl groups excluding tert-OH is 2. The van der Waals surface area contributed by atoms with Crippen molar-refractivity contribution in [2.24, 2.45) is 0 Å². The second-order valence-electron chi connectivity index (χ2n) is 7.12. The average molecular weight is 382 g/mol. The molecule has 2 aromatic rings. The summed E-state index contributed by atoms with van der Waals surface area (Å²) in [6.07, 6.45) is 2.34. The van der Waals surface area contributed by atoms with Crippen LogP contribution >= 0.6 is 0 Å². The SMILES string of the molecule is O=C1c2ccc3c4c(ccc(c24)C(=O)N1CCCCO)N(CCCCO)C3=O. The van der Waals surface area contributed by atoms with Crippen LogP contribution in [0, 0.1) is 0 Å². The van der Waals surface area contributed by atoms with Gasteiger partial charge in [0.05, 0.1) is 5.69 Å². The standard InChI is InChI=1S/C21H22N2O5/c24-11-3-1-9-22-16-8-7-14-17-13(5-6-15(18(16)17)19(22)26)20(27)23(21(14)28)10-2-4-12-25/h5-8,24-25H,1-4,9-12H2. The van der Waals surface area contributed by atoms with E-state index in [1.165, 1.54) is 4.90 Å². The highest BCUT2D eigenvalue weighted by molar-refractivity contribution is 6.33. The van der Waals surface area contributed by atoms with E-state index in [0.717, 1.165) is 0 Å². The lowest BCUT2D eigenvalue weighted by Gasteiger charge is -2.27. The van der Waals surface area contributed by atoms with Crippen LogP contribution in [0.1, 0.15) is 56.8 Å². The van der Waals surface area contributed by atoms with Crippen molar-refractivity contribution in [2.45, 2.75) is 25.7 Å². The second-order valence-corrected chi connectivity index (χ2v) is 7.12. The van der Waals surface area contributed by atoms with Crippen molar-refractivity contribution in [1.82, 2.24) is 4.90 Å². The number of amides is 3. The number of unbranched alkanes of at least 4 members (excludes halogenated alkanes) is 2. The summed E-state index contributed by atoms with van der Waals surface area (Å²) in [7, 11) is 0. The van der Waals surface area contributed by atoms with E-state index in [-0.39, 0.29) is 37.5 Å². The molecule has 2 N–H and O–H groups in total. The number of nitrogens with zero attached hydrogens (tertiary/aromatic N) is 2. The van der Waals surface area contributed by atoms with E-state index in [1.54, 1.807) is 29.2 Å². The van der Waals surface area contributed by atoms with E-state index in [0.29, 0.717) is 65.4 Å². The first-order valence-corrected chi connectivity index (χ1v) is 9.59. The van der Waals surface area contributed by atoms with Crippen molar-refractivity contribution in [1.29, 1.82) is 0 Å². The van der Waals surface area contributed by atoms with Crippen molar-refractivity contribution in [3.05, 3.63) is 41.0 Å². The molecular formula is C21H22N2O5. The molecule has 0 radical (unpaired) electrons. The molecule has 0 aliphatic carbocycles. The minimum absolute atomic E-state index is 0.0172. The Bertz CT molecular complexity index is 962. The van der Waals surface area contributed by atoms with Gasteiger partial charge in [0.2, 0.25) is 0 Å². The second kappa shape index (κ2) is 7.33. The summed E-state index contributed by atoms with van der Waals surface area (Å²) in [5, 5.41) is 19.2. The van der Waals surface area contributed by atoms with Gasteiger partial charge in [0.15, 0.2) is 0 Å². The van der Waals surface area contributed by atoms with E-state index in [4.69, 9.17) is 10.2 Å². The van der Waals surface area contributed by atoms with Gasteiger partial charge in [0.1, 0.15) is 0 Å². The number of carbonyl (C=O) groups is 3. The van der Waals surface area contributed by atoms with Crippen LogP contribution in [0.3, 0.4) is 0 Å². The minimum Gasteiger partial charge on any atom is -0.396 e. The molecule has 2 aromatic carbocycles. The molecule has 0 fully saturated rings. The molecule has 28 heavy (non-hydrogen) atoms. The quantitative estimate of drug-likeness (QED) is 0.537. The van der Waals surface area contributed by atoms with Gasteiger partial charge in [0, 0.05) is 53.8 Å². The Hall–Kier alpha value is -2.77. The topological polar surface area (TPSA) is 98.2 Å². The monoisotopic (exact) mass is 382 g/mol. The Morgan fingerprint density at radius 1 is 0.607 bits per heavy atom. The van der Waals surface area contributed by atoms with Crippen LogP contribution in [0.2, 0.25) is 0 Å². The van der Waals surface area contributed by atoms with Gasteiger partial charge in [-0.25, -0.2) is 0 Å². The highest BCUT2D eigenvalue weighted by Crippen LogP contribution is 2.42. The molecule has 4 rings (SSSR count). The smallest absolute Gasteiger partial charge is 0.261 e. The van der Waals surface area contributed by atoms with Gasteiger partial charge in [-0.15, -0.1) is 0 Å². The zero-order valence-corrected chi connectivity index (χ0v) is 15.5. The van der Waals surface area contributed by atoms with Gasteiger partial charge < -0.3 is 15.1 Å². The lowest BCUT2D eigenvalue weighted by atomic mass is 9.91. The molecule has 146 valence electrons. The first-order chi connectivity index (χ1) is 13.6. The Morgan fingerprint density at radius 2 is 1.07 bits per heavy atom. The molecule has 2 heterocycles. The zero-order chi connectivity index (χ0) is 19.8. The number of hydrogen-bond acceptors (Lipinski definition) is 5. The van der Waals surface area contributed by atoms with Crippen LogP contribution in [0.15, 0.2) is 24.3 Å². The van der Waals surface area contributed by atoms with Crippen LogP contribution in [-0.2, 0) is 0 Å². The van der Waals surface area contributed by atoms with Gasteiger partial charge >= 0.3 is 0 Å². The molecule has 3 amide bonds. The molecule has 2 aliphatic rings. The summed E-state index contributed by atoms with van der Waals surface area (Å²) in [5.74, 6) is -0.849. The van der Waals surface area contributed by atoms with E-state index >= 15 is 0 Å². The molecule has 7 heteroatoms. The highest BCUT2D eigenvalue weighted by Gasteiger charge is 2.38. The minimum atomic E-state index is -0.356. The summed E-state index contributed by atoms with van der Waals surface area (Å²) in [5.41, 5.74) is 2.09. The van der Waals surface area contributed by atoms with Crippen molar-refractivity contribution in [3.63, 3.8) is 0 Å². The lowest BCUT2D eigenvalue weighted by molar-refractivity contribution is 0.0605. The maximum Gasteiger partial charge on any atom is 0.261 e. The van der Waals surface area contributed by atoms with Crippen molar-refractivity contribution < 1.29 is 24.6 Å². The predicted octanol–water partition coefficient (Wildman–Crippen LogP) is 1.94. The fourth-order valence-corrected chi connectivity index (χ4v) is 4.06. The molecule has 0 spiro atoms. The fraction of sp³-hybridized carbons (Fsp3) is 0.381. The van der Waals surface area contributed by atoms with Crippen LogP contribution in [0.5, 0.6) is 0 Å². The number of hydrogen-bond donors (Lipinski definition) is 2. The number of anilines is 1. The molecule has 0 aromatic heterocycles. The normalized spacial score (nSPS) is 15.3. The number of benzene rings is 2. The van der Waals surface area contributed by atoms with Gasteiger partial charge in [-0.2, -0.15) is 0 Å². The first kappa shape index (κ1) is 18.6. The number of carbonyl (C=O) groups excluding carboxylic acids is 3. The summed E-state index contributed by atoms with van der Waals surface area (Å²) < 4.78 is 0. The van der Waals surface area contributed by atoms with Crippen molar-refractivity contribution in [3.8, 4) is 0 Å². The van der Waals surface area contributed by atoms with Crippen LogP contribution in [-0.4, -0.2) is 59.1 Å². The largest absolute Gasteiger partial charge is 0.396 e. The van der Waals surface area contributed by atoms with Crippen molar-refractivity contribution in [2.75, 3.05) is 31.2 Å². The predicted molar refractivity (Wildman–Crippen MR) is 104 cm³/mol. The Balaban J connectivity index is 1.78. The molecule has 0 saturated carbocycles. The molecule has 0 atom stereocenters. The van der Waals surface area contributed by atoms with Crippen LogP contribution < -0.4 is 4.90 Å². The molecule has 0 bridgehead atoms. The third-order valence-electron chi connectivity index (χ3n) is 5.44. The number of aliphatic hydroxyl groups is 2. The van der Waals surface area contributed by atoms with Crippen LogP contribution in [0.25, 0.3) is 10.8 Å². The zero-order valence-electron chi connectivity index (χ0n) is 15.5. The first-order valence-electron chi connectivity index (χ1n) is 9.59. The average Bonchev–Trinajstić information content (AvgIpc) is 2.98. The van der Waals surface area contributed by atoms with Crippen LogP contribution in [0.4, 0.5) is 5.69 Å². The molecule has 7 nitrogen and oxygen atoms in total. The van der Waals surface area contributed by atoms with Crippen molar-refractivity contribution >= 4 is 34.2 Å². The third kappa shape index (κ3) is 2.70. The Kier molecular flexibility index (Phi) is 4.87. The van der Waals surface area contributed by atoms with Gasteiger partial charge in [-0.3, -0.25) is 19.3 Å². The summed E-state index contributed by atoms with van der Waals surface area (Å²) >= 11 is 0. The number of rotatable bonds is 8. The van der Waals surface area contributed by atoms with E-state index in [9.17, 15) is 14.4 Å². The van der Waals surface area contributed by atoms with E-state index in [1.807, 2.05) is 0 Å². The lowest BCUT2D eigenvalue weighted by Crippen LogP contribution is -2.41. The molecule has 2 aliphatic heterocycles. The van der Waals surface area contributed by atoms with Gasteiger partial charge in [0.25, 0.3) is 17.7 Å². The van der Waals surface area contributed by atoms with Gasteiger partial charge in [-0.1, -0.05) is 0 Å². The molecular weight excluding hydrogens is 360 g/mol. The summed E-state index contributed by atoms with van der Waals surface area (Å²) in [4.78, 5) is 41.6. The Labute approximate surface area is 162 Å². The van der Waals surface area contributed by atoms with E-state index in [2.05, 4.69) is 0 Å². The highest BCUT2D eigenvalue weighted by atomic mass is 16.3. The third-order valence-corrected chi connectivity index (χ3v) is 5.44. The summed E-state index contributed by atoms with van der Waals surface area (Å²) in [6, 6.07) is 6.76.